The molecule has 1 aliphatic heterocycles. The fraction of sp³-hybridized carbons (Fsp3) is 0.600. The Hall–Kier alpha value is -1.27. The lowest BCUT2D eigenvalue weighted by molar-refractivity contribution is -0.137. The van der Waals surface area contributed by atoms with E-state index in [-0.39, 0.29) is 5.69 Å². The van der Waals surface area contributed by atoms with Gasteiger partial charge in [-0.2, -0.15) is 13.2 Å². The fourth-order valence-electron chi connectivity index (χ4n) is 2.68. The average Bonchev–Trinajstić information content (AvgIpc) is 2.37. The monoisotopic (exact) mass is 302 g/mol. The smallest absolute Gasteiger partial charge is 0.389 e. The van der Waals surface area contributed by atoms with Gasteiger partial charge in [0.25, 0.3) is 0 Å². The molecule has 1 heterocycles. The first-order valence-corrected chi connectivity index (χ1v) is 7.03. The maximum absolute atomic E-state index is 13.0. The summed E-state index contributed by atoms with van der Waals surface area (Å²) in [6, 6.07) is 5.69. The largest absolute Gasteiger partial charge is 0.418 e. The van der Waals surface area contributed by atoms with Crippen LogP contribution in [0, 0.1) is 0 Å². The number of alkyl halides is 3. The van der Waals surface area contributed by atoms with Crippen LogP contribution in [0.1, 0.15) is 19.4 Å². The molecule has 2 rings (SSSR count). The zero-order valence-electron chi connectivity index (χ0n) is 12.3. The Morgan fingerprint density at radius 2 is 1.62 bits per heavy atom. The van der Waals surface area contributed by atoms with Crippen molar-refractivity contribution in [2.24, 2.45) is 0 Å². The number of benzene rings is 1. The number of aliphatic hydroxyl groups is 1. The van der Waals surface area contributed by atoms with E-state index in [0.717, 1.165) is 6.07 Å². The van der Waals surface area contributed by atoms with Crippen molar-refractivity contribution in [3.05, 3.63) is 29.8 Å². The summed E-state index contributed by atoms with van der Waals surface area (Å²) in [7, 11) is 0. The minimum Gasteiger partial charge on any atom is -0.389 e. The van der Waals surface area contributed by atoms with Crippen molar-refractivity contribution >= 4 is 5.69 Å². The number of anilines is 1. The van der Waals surface area contributed by atoms with E-state index in [2.05, 4.69) is 4.90 Å². The van der Waals surface area contributed by atoms with Gasteiger partial charge in [-0.1, -0.05) is 12.1 Å². The summed E-state index contributed by atoms with van der Waals surface area (Å²) in [5.41, 5.74) is -1.12. The van der Waals surface area contributed by atoms with Crippen LogP contribution in [0.25, 0.3) is 0 Å². The first-order chi connectivity index (χ1) is 9.67. The van der Waals surface area contributed by atoms with Crippen LogP contribution < -0.4 is 4.90 Å². The predicted molar refractivity (Wildman–Crippen MR) is 76.4 cm³/mol. The molecular weight excluding hydrogens is 281 g/mol. The van der Waals surface area contributed by atoms with Gasteiger partial charge in [0.15, 0.2) is 0 Å². The minimum absolute atomic E-state index is 0.243. The van der Waals surface area contributed by atoms with Crippen molar-refractivity contribution in [3.63, 3.8) is 0 Å². The Bertz CT molecular complexity index is 475. The maximum Gasteiger partial charge on any atom is 0.418 e. The van der Waals surface area contributed by atoms with E-state index >= 15 is 0 Å². The maximum atomic E-state index is 13.0. The third-order valence-corrected chi connectivity index (χ3v) is 3.53. The Morgan fingerprint density at radius 3 is 2.14 bits per heavy atom. The Balaban J connectivity index is 2.06. The normalized spacial score (nSPS) is 18.1. The molecule has 0 spiro atoms. The molecule has 1 aromatic carbocycles. The molecule has 1 aliphatic rings. The molecule has 0 saturated carbocycles. The minimum atomic E-state index is -4.33. The third-order valence-electron chi connectivity index (χ3n) is 3.53. The summed E-state index contributed by atoms with van der Waals surface area (Å²) in [6.07, 6.45) is -4.33. The Labute approximate surface area is 123 Å². The highest BCUT2D eigenvalue weighted by molar-refractivity contribution is 5.55. The SMILES string of the molecule is CC(C)(O)CN1CCN(c2ccccc2C(F)(F)F)CC1. The molecule has 0 amide bonds. The van der Waals surface area contributed by atoms with Crippen molar-refractivity contribution in [3.8, 4) is 0 Å². The lowest BCUT2D eigenvalue weighted by Gasteiger charge is -2.39. The van der Waals surface area contributed by atoms with E-state index in [1.54, 1.807) is 24.8 Å². The van der Waals surface area contributed by atoms with Crippen molar-refractivity contribution in [2.45, 2.75) is 25.6 Å². The van der Waals surface area contributed by atoms with Crippen molar-refractivity contribution < 1.29 is 18.3 Å². The van der Waals surface area contributed by atoms with Crippen molar-refractivity contribution in [1.82, 2.24) is 4.90 Å². The van der Waals surface area contributed by atoms with E-state index in [4.69, 9.17) is 0 Å². The van der Waals surface area contributed by atoms with E-state index in [9.17, 15) is 18.3 Å². The summed E-state index contributed by atoms with van der Waals surface area (Å²) in [6.45, 7) is 6.36. The predicted octanol–water partition coefficient (Wildman–Crippen LogP) is 2.60. The van der Waals surface area contributed by atoms with Gasteiger partial charge in [-0.15, -0.1) is 0 Å². The van der Waals surface area contributed by atoms with Crippen LogP contribution >= 0.6 is 0 Å². The average molecular weight is 302 g/mol. The number of nitrogens with zero attached hydrogens (tertiary/aromatic N) is 2. The number of rotatable bonds is 3. The third kappa shape index (κ3) is 4.35. The highest BCUT2D eigenvalue weighted by atomic mass is 19.4. The summed E-state index contributed by atoms with van der Waals surface area (Å²) < 4.78 is 39.1. The van der Waals surface area contributed by atoms with E-state index in [1.165, 1.54) is 12.1 Å². The molecule has 3 nitrogen and oxygen atoms in total. The molecule has 1 N–H and O–H groups in total. The molecule has 1 saturated heterocycles. The van der Waals surface area contributed by atoms with Crippen molar-refractivity contribution in [1.29, 1.82) is 0 Å². The molecule has 0 aliphatic carbocycles. The van der Waals surface area contributed by atoms with Crippen molar-refractivity contribution in [2.75, 3.05) is 37.6 Å². The second-order valence-corrected chi connectivity index (χ2v) is 6.09. The molecular formula is C15H21F3N2O. The summed E-state index contributed by atoms with van der Waals surface area (Å²) in [5, 5.41) is 9.80. The molecule has 1 fully saturated rings. The van der Waals surface area contributed by atoms with Gasteiger partial charge in [0, 0.05) is 38.4 Å². The summed E-state index contributed by atoms with van der Waals surface area (Å²) in [4.78, 5) is 3.84. The Morgan fingerprint density at radius 1 is 1.05 bits per heavy atom. The lowest BCUT2D eigenvalue weighted by Crippen LogP contribution is -2.50. The van der Waals surface area contributed by atoms with Gasteiger partial charge in [0.1, 0.15) is 0 Å². The van der Waals surface area contributed by atoms with E-state index < -0.39 is 17.3 Å². The second kappa shape index (κ2) is 5.85. The quantitative estimate of drug-likeness (QED) is 0.930. The number of β-amino-alcohol motifs (C(OH)–C–C–N with tert-alkyl or cyclic N) is 1. The first-order valence-electron chi connectivity index (χ1n) is 7.03. The second-order valence-electron chi connectivity index (χ2n) is 6.09. The molecule has 0 radical (unpaired) electrons. The van der Waals surface area contributed by atoms with Crippen LogP contribution in [0.4, 0.5) is 18.9 Å². The highest BCUT2D eigenvalue weighted by Crippen LogP contribution is 2.36. The van der Waals surface area contributed by atoms with E-state index in [0.29, 0.717) is 32.7 Å². The van der Waals surface area contributed by atoms with Crippen LogP contribution in [0.3, 0.4) is 0 Å². The molecule has 6 heteroatoms. The van der Waals surface area contributed by atoms with Crippen LogP contribution in [-0.2, 0) is 6.18 Å². The molecule has 1 aromatic rings. The van der Waals surface area contributed by atoms with Gasteiger partial charge in [-0.05, 0) is 26.0 Å². The summed E-state index contributed by atoms with van der Waals surface area (Å²) in [5.74, 6) is 0. The number of para-hydroxylation sites is 1. The van der Waals surface area contributed by atoms with Gasteiger partial charge in [0.05, 0.1) is 11.2 Å². The Kier molecular flexibility index (Phi) is 4.49. The van der Waals surface area contributed by atoms with Gasteiger partial charge >= 0.3 is 6.18 Å². The molecule has 21 heavy (non-hydrogen) atoms. The van der Waals surface area contributed by atoms with Gasteiger partial charge in [0.2, 0.25) is 0 Å². The van der Waals surface area contributed by atoms with E-state index in [1.807, 2.05) is 0 Å². The molecule has 0 unspecified atom stereocenters. The molecule has 0 bridgehead atoms. The topological polar surface area (TPSA) is 26.7 Å². The van der Waals surface area contributed by atoms with Crippen LogP contribution in [-0.4, -0.2) is 48.3 Å². The first kappa shape index (κ1) is 16.1. The molecule has 0 atom stereocenters. The number of piperazine rings is 1. The van der Waals surface area contributed by atoms with Crippen LogP contribution in [0.15, 0.2) is 24.3 Å². The number of halogens is 3. The highest BCUT2D eigenvalue weighted by Gasteiger charge is 2.35. The van der Waals surface area contributed by atoms with Gasteiger partial charge < -0.3 is 10.0 Å². The zero-order chi connectivity index (χ0) is 15.7. The number of hydrogen-bond acceptors (Lipinski definition) is 3. The molecule has 118 valence electrons. The lowest BCUT2D eigenvalue weighted by atomic mass is 10.1. The van der Waals surface area contributed by atoms with Gasteiger partial charge in [-0.25, -0.2) is 0 Å². The van der Waals surface area contributed by atoms with Crippen LogP contribution in [0.2, 0.25) is 0 Å². The standard InChI is InChI=1S/C15H21F3N2O/c1-14(2,21)11-19-7-9-20(10-8-19)13-6-4-3-5-12(13)15(16,17)18/h3-6,21H,7-11H2,1-2H3. The summed E-state index contributed by atoms with van der Waals surface area (Å²) >= 11 is 0. The zero-order valence-corrected chi connectivity index (χ0v) is 12.3. The van der Waals surface area contributed by atoms with Crippen LogP contribution in [0.5, 0.6) is 0 Å². The van der Waals surface area contributed by atoms with Gasteiger partial charge in [-0.3, -0.25) is 4.90 Å². The molecule has 0 aromatic heterocycles. The fourth-order valence-corrected chi connectivity index (χ4v) is 2.68. The number of hydrogen-bond donors (Lipinski definition) is 1.